The van der Waals surface area contributed by atoms with Crippen LogP contribution in [0, 0.1) is 15.9 Å². The van der Waals surface area contributed by atoms with Crippen molar-refractivity contribution >= 4 is 49.7 Å². The maximum Gasteiger partial charge on any atom is 0.353 e. The van der Waals surface area contributed by atoms with E-state index in [1.165, 1.54) is 41.9 Å². The van der Waals surface area contributed by atoms with E-state index >= 15 is 0 Å². The van der Waals surface area contributed by atoms with Gasteiger partial charge >= 0.3 is 5.69 Å². The molecular weight excluding hydrogens is 371 g/mol. The molecule has 27 heavy (non-hydrogen) atoms. The Morgan fingerprint density at radius 1 is 1.00 bits per heavy atom. The van der Waals surface area contributed by atoms with Crippen molar-refractivity contribution in [3.05, 3.63) is 70.8 Å². The van der Waals surface area contributed by atoms with Gasteiger partial charge in [-0.3, -0.25) is 10.1 Å². The Hall–Kier alpha value is -3.66. The number of nitrogens with one attached hydrogen (secondary N) is 2. The number of nitrogens with zero attached hydrogens (tertiary/aromatic N) is 4. The molecule has 0 aliphatic rings. The van der Waals surface area contributed by atoms with Crippen LogP contribution in [0.2, 0.25) is 0 Å². The van der Waals surface area contributed by atoms with Gasteiger partial charge in [0.1, 0.15) is 12.1 Å². The van der Waals surface area contributed by atoms with Gasteiger partial charge in [-0.2, -0.15) is 0 Å². The monoisotopic (exact) mass is 382 g/mol. The highest BCUT2D eigenvalue weighted by Gasteiger charge is 2.24. The minimum absolute atomic E-state index is 0.00906. The average molecular weight is 382 g/mol. The molecule has 2 N–H and O–H groups in total. The van der Waals surface area contributed by atoms with Gasteiger partial charge in [-0.05, 0) is 36.4 Å². The van der Waals surface area contributed by atoms with Crippen LogP contribution >= 0.6 is 11.3 Å². The van der Waals surface area contributed by atoms with Crippen LogP contribution in [0.5, 0.6) is 0 Å². The lowest BCUT2D eigenvalue weighted by Gasteiger charge is -2.08. The molecule has 8 nitrogen and oxygen atoms in total. The van der Waals surface area contributed by atoms with E-state index in [0.717, 1.165) is 10.2 Å². The van der Waals surface area contributed by atoms with Crippen molar-refractivity contribution < 1.29 is 9.31 Å². The zero-order valence-corrected chi connectivity index (χ0v) is 14.4. The third-order valence-electron chi connectivity index (χ3n) is 3.63. The number of thiazole rings is 1. The zero-order chi connectivity index (χ0) is 18.8. The third kappa shape index (κ3) is 3.51. The first-order valence-electron chi connectivity index (χ1n) is 7.75. The molecule has 0 bridgehead atoms. The highest BCUT2D eigenvalue weighted by atomic mass is 32.1. The summed E-state index contributed by atoms with van der Waals surface area (Å²) >= 11 is 1.36. The molecule has 0 radical (unpaired) electrons. The molecule has 10 heteroatoms. The number of para-hydroxylation sites is 1. The fraction of sp³-hybridized carbons (Fsp3) is 0. The second-order valence-electron chi connectivity index (χ2n) is 5.42. The number of hydrogen-bond donors (Lipinski definition) is 2. The van der Waals surface area contributed by atoms with E-state index in [1.807, 2.05) is 24.3 Å². The lowest BCUT2D eigenvalue weighted by Crippen LogP contribution is -2.05. The van der Waals surface area contributed by atoms with Gasteiger partial charge in [0, 0.05) is 5.69 Å². The minimum atomic E-state index is -0.582. The van der Waals surface area contributed by atoms with Gasteiger partial charge in [-0.1, -0.05) is 23.5 Å². The molecule has 4 rings (SSSR count). The minimum Gasteiger partial charge on any atom is -0.334 e. The molecule has 0 spiro atoms. The van der Waals surface area contributed by atoms with Gasteiger partial charge in [-0.25, -0.2) is 19.3 Å². The van der Waals surface area contributed by atoms with Gasteiger partial charge < -0.3 is 10.6 Å². The SMILES string of the molecule is O=[N+]([O-])c1c(Nc2ccc(F)cc2)ncnc1Nc1nc2ccccc2s1. The topological polar surface area (TPSA) is 106 Å². The Morgan fingerprint density at radius 2 is 1.70 bits per heavy atom. The summed E-state index contributed by atoms with van der Waals surface area (Å²) in [6.45, 7) is 0. The molecule has 4 aromatic rings. The highest BCUT2D eigenvalue weighted by Crippen LogP contribution is 2.35. The van der Waals surface area contributed by atoms with Crippen LogP contribution < -0.4 is 10.6 Å². The first kappa shape index (κ1) is 16.8. The van der Waals surface area contributed by atoms with Gasteiger partial charge in [0.05, 0.1) is 15.1 Å². The van der Waals surface area contributed by atoms with E-state index in [4.69, 9.17) is 0 Å². The summed E-state index contributed by atoms with van der Waals surface area (Å²) in [7, 11) is 0. The van der Waals surface area contributed by atoms with Crippen LogP contribution in [-0.4, -0.2) is 19.9 Å². The van der Waals surface area contributed by atoms with Crippen molar-refractivity contribution in [1.29, 1.82) is 0 Å². The van der Waals surface area contributed by atoms with Gasteiger partial charge in [-0.15, -0.1) is 0 Å². The lowest BCUT2D eigenvalue weighted by atomic mass is 10.3. The summed E-state index contributed by atoms with van der Waals surface area (Å²) < 4.78 is 14.0. The maximum absolute atomic E-state index is 13.0. The third-order valence-corrected chi connectivity index (χ3v) is 4.58. The van der Waals surface area contributed by atoms with Gasteiger partial charge in [0.25, 0.3) is 0 Å². The Kier molecular flexibility index (Phi) is 4.30. The molecule has 2 heterocycles. The molecule has 0 fully saturated rings. The highest BCUT2D eigenvalue weighted by molar-refractivity contribution is 7.22. The number of halogens is 1. The van der Waals surface area contributed by atoms with E-state index in [1.54, 1.807) is 0 Å². The van der Waals surface area contributed by atoms with Crippen LogP contribution in [0.4, 0.5) is 32.5 Å². The van der Waals surface area contributed by atoms with Crippen molar-refractivity contribution in [2.24, 2.45) is 0 Å². The Morgan fingerprint density at radius 3 is 2.41 bits per heavy atom. The fourth-order valence-corrected chi connectivity index (χ4v) is 3.30. The first-order chi connectivity index (χ1) is 13.1. The molecule has 2 aromatic carbocycles. The number of hydrogen-bond acceptors (Lipinski definition) is 8. The molecule has 134 valence electrons. The average Bonchev–Trinajstić information content (AvgIpc) is 3.06. The van der Waals surface area contributed by atoms with Gasteiger partial charge in [0.15, 0.2) is 5.13 Å². The van der Waals surface area contributed by atoms with Crippen molar-refractivity contribution in [2.75, 3.05) is 10.6 Å². The predicted octanol–water partition coefficient (Wildman–Crippen LogP) is 4.62. The van der Waals surface area contributed by atoms with Crippen LogP contribution in [0.15, 0.2) is 54.9 Å². The van der Waals surface area contributed by atoms with E-state index in [0.29, 0.717) is 10.8 Å². The Balaban J connectivity index is 1.69. The normalized spacial score (nSPS) is 10.7. The maximum atomic E-state index is 13.0. The smallest absolute Gasteiger partial charge is 0.334 e. The van der Waals surface area contributed by atoms with E-state index in [2.05, 4.69) is 25.6 Å². The number of nitro groups is 1. The molecule has 0 aliphatic heterocycles. The Labute approximate surface area is 155 Å². The van der Waals surface area contributed by atoms with Crippen LogP contribution in [0.3, 0.4) is 0 Å². The summed E-state index contributed by atoms with van der Waals surface area (Å²) in [6, 6.07) is 12.9. The number of fused-ring (bicyclic) bond motifs is 1. The summed E-state index contributed by atoms with van der Waals surface area (Å²) in [5.41, 5.74) is 0.914. The van der Waals surface area contributed by atoms with Crippen molar-refractivity contribution in [1.82, 2.24) is 15.0 Å². The van der Waals surface area contributed by atoms with Crippen molar-refractivity contribution in [2.45, 2.75) is 0 Å². The van der Waals surface area contributed by atoms with Crippen LogP contribution in [0.1, 0.15) is 0 Å². The number of benzene rings is 2. The van der Waals surface area contributed by atoms with Crippen LogP contribution in [-0.2, 0) is 0 Å². The van der Waals surface area contributed by atoms with Crippen LogP contribution in [0.25, 0.3) is 10.2 Å². The molecule has 0 unspecified atom stereocenters. The fourth-order valence-electron chi connectivity index (χ4n) is 2.43. The lowest BCUT2D eigenvalue weighted by molar-refractivity contribution is -0.383. The zero-order valence-electron chi connectivity index (χ0n) is 13.6. The largest absolute Gasteiger partial charge is 0.353 e. The molecule has 2 aromatic heterocycles. The van der Waals surface area contributed by atoms with E-state index in [9.17, 15) is 14.5 Å². The number of aromatic nitrogens is 3. The molecule has 0 aliphatic carbocycles. The Bertz CT molecular complexity index is 1100. The molecule has 0 atom stereocenters. The molecule has 0 saturated carbocycles. The predicted molar refractivity (Wildman–Crippen MR) is 101 cm³/mol. The molecule has 0 amide bonds. The van der Waals surface area contributed by atoms with Crippen molar-refractivity contribution in [3.8, 4) is 0 Å². The van der Waals surface area contributed by atoms with E-state index in [-0.39, 0.29) is 17.3 Å². The second-order valence-corrected chi connectivity index (χ2v) is 6.45. The molecule has 0 saturated heterocycles. The standard InChI is InChI=1S/C17H11FN6O2S/c18-10-5-7-11(8-6-10)21-15-14(24(25)26)16(20-9-19-15)23-17-22-12-3-1-2-4-13(12)27-17/h1-9H,(H2,19,20,21,22,23). The second kappa shape index (κ2) is 6.92. The quantitative estimate of drug-likeness (QED) is 0.383. The summed E-state index contributed by atoms with van der Waals surface area (Å²) in [4.78, 5) is 23.4. The summed E-state index contributed by atoms with van der Waals surface area (Å²) in [5, 5.41) is 17.8. The van der Waals surface area contributed by atoms with E-state index < -0.39 is 10.7 Å². The number of anilines is 4. The summed E-state index contributed by atoms with van der Waals surface area (Å²) in [6.07, 6.45) is 1.20. The van der Waals surface area contributed by atoms with Crippen molar-refractivity contribution in [3.63, 3.8) is 0 Å². The number of rotatable bonds is 5. The van der Waals surface area contributed by atoms with Gasteiger partial charge in [0.2, 0.25) is 11.6 Å². The first-order valence-corrected chi connectivity index (χ1v) is 8.56. The summed E-state index contributed by atoms with van der Waals surface area (Å²) in [5.74, 6) is -0.403. The molecular formula is C17H11FN6O2S.